The maximum absolute atomic E-state index is 12.6. The normalized spacial score (nSPS) is 44.1. The Morgan fingerprint density at radius 1 is 0.800 bits per heavy atom. The largest absolute Gasteiger partial charge is 0.472 e. The molecule has 0 aromatic rings. The molecule has 1 saturated carbocycles. The molecule has 4 fully saturated rings. The van der Waals surface area contributed by atoms with Crippen molar-refractivity contribution in [1.29, 1.82) is 0 Å². The van der Waals surface area contributed by atoms with E-state index >= 15 is 0 Å². The minimum Gasteiger partial charge on any atom is -0.382 e. The van der Waals surface area contributed by atoms with Gasteiger partial charge in [-0.25, -0.2) is 9.13 Å². The molecule has 17 heteroatoms. The minimum absolute atomic E-state index is 0.0512. The summed E-state index contributed by atoms with van der Waals surface area (Å²) >= 11 is 0. The van der Waals surface area contributed by atoms with Crippen molar-refractivity contribution in [2.75, 3.05) is 34.0 Å². The highest BCUT2D eigenvalue weighted by Crippen LogP contribution is 2.56. The lowest BCUT2D eigenvalue weighted by Crippen LogP contribution is -2.33. The average Bonchev–Trinajstić information content (AvgIpc) is 3.15. The summed E-state index contributed by atoms with van der Waals surface area (Å²) in [5.74, 6) is -0.128. The molecule has 2 N–H and O–H groups in total. The van der Waals surface area contributed by atoms with E-state index in [2.05, 4.69) is 0 Å². The van der Waals surface area contributed by atoms with E-state index in [9.17, 15) is 18.9 Å². The number of phosphoric acid groups is 2. The van der Waals surface area contributed by atoms with Crippen LogP contribution < -0.4 is 0 Å². The second kappa shape index (κ2) is 11.5. The lowest BCUT2D eigenvalue weighted by molar-refractivity contribution is -0.0482. The van der Waals surface area contributed by atoms with Crippen molar-refractivity contribution >= 4 is 31.3 Å². The lowest BCUT2D eigenvalue weighted by atomic mass is 9.96. The number of fused-ring (bicyclic) bond motifs is 1. The highest BCUT2D eigenvalue weighted by atomic mass is 31.2. The van der Waals surface area contributed by atoms with E-state index in [1.807, 2.05) is 15.7 Å². The van der Waals surface area contributed by atoms with Crippen LogP contribution in [0.2, 0.25) is 0 Å². The molecule has 0 bridgehead atoms. The maximum Gasteiger partial charge on any atom is 0.472 e. The van der Waals surface area contributed by atoms with Gasteiger partial charge in [0.25, 0.3) is 0 Å². The SMILES string of the molecule is BC1CC(OC)C(COP(=O)(O)OC2C(COP(=O)(O)OC3CC(B)OC3COC)OC3CC32)O1. The predicted octanol–water partition coefficient (Wildman–Crippen LogP) is -1.06. The van der Waals surface area contributed by atoms with Gasteiger partial charge in [0, 0.05) is 32.1 Å². The molecule has 1 aliphatic carbocycles. The zero-order valence-corrected chi connectivity index (χ0v) is 22.1. The van der Waals surface area contributed by atoms with Gasteiger partial charge in [-0.3, -0.25) is 18.1 Å². The molecule has 35 heavy (non-hydrogen) atoms. The number of phosphoric ester groups is 2. The summed E-state index contributed by atoms with van der Waals surface area (Å²) in [5.41, 5.74) is 0. The van der Waals surface area contributed by atoms with Gasteiger partial charge in [-0.15, -0.1) is 0 Å². The Morgan fingerprint density at radius 2 is 1.37 bits per heavy atom. The van der Waals surface area contributed by atoms with Crippen LogP contribution in [-0.4, -0.2) is 114 Å². The highest BCUT2D eigenvalue weighted by molar-refractivity contribution is 7.47. The van der Waals surface area contributed by atoms with Gasteiger partial charge in [0.1, 0.15) is 40.1 Å². The minimum atomic E-state index is -4.47. The van der Waals surface area contributed by atoms with Crippen molar-refractivity contribution < 1.29 is 60.7 Å². The third-order valence-electron chi connectivity index (χ3n) is 6.65. The highest BCUT2D eigenvalue weighted by Gasteiger charge is 2.58. The molecule has 4 rings (SSSR count). The molecule has 3 aliphatic heterocycles. The molecule has 12 unspecified atom stereocenters. The molecule has 12 atom stereocenters. The molecular weight excluding hydrogens is 508 g/mol. The summed E-state index contributed by atoms with van der Waals surface area (Å²) in [7, 11) is -2.18. The summed E-state index contributed by atoms with van der Waals surface area (Å²) in [6.45, 7) is -0.329. The number of rotatable bonds is 13. The Hall–Kier alpha value is 0.150. The lowest BCUT2D eigenvalue weighted by Gasteiger charge is -2.26. The summed E-state index contributed by atoms with van der Waals surface area (Å²) in [5, 5.41) is 0. The first-order valence-corrected chi connectivity index (χ1v) is 14.8. The quantitative estimate of drug-likeness (QED) is 0.215. The Kier molecular flexibility index (Phi) is 9.25. The zero-order chi connectivity index (χ0) is 25.4. The van der Waals surface area contributed by atoms with Crippen LogP contribution in [0.4, 0.5) is 0 Å². The van der Waals surface area contributed by atoms with Crippen molar-refractivity contribution in [3.63, 3.8) is 0 Å². The predicted molar refractivity (Wildman–Crippen MR) is 124 cm³/mol. The summed E-state index contributed by atoms with van der Waals surface area (Å²) in [6.07, 6.45) is -2.03. The van der Waals surface area contributed by atoms with Crippen LogP contribution in [0.1, 0.15) is 19.3 Å². The van der Waals surface area contributed by atoms with E-state index in [1.165, 1.54) is 7.11 Å². The zero-order valence-electron chi connectivity index (χ0n) is 20.3. The molecule has 0 radical (unpaired) electrons. The molecule has 0 aromatic carbocycles. The molecule has 3 heterocycles. The molecule has 0 amide bonds. The van der Waals surface area contributed by atoms with Crippen LogP contribution in [0.25, 0.3) is 0 Å². The van der Waals surface area contributed by atoms with Gasteiger partial charge in [0.15, 0.2) is 0 Å². The summed E-state index contributed by atoms with van der Waals surface area (Å²) in [4.78, 5) is 20.5. The van der Waals surface area contributed by atoms with Crippen LogP contribution in [0.5, 0.6) is 0 Å². The van der Waals surface area contributed by atoms with E-state index in [1.54, 1.807) is 7.11 Å². The van der Waals surface area contributed by atoms with Crippen molar-refractivity contribution in [3.8, 4) is 0 Å². The van der Waals surface area contributed by atoms with Crippen molar-refractivity contribution in [1.82, 2.24) is 0 Å². The van der Waals surface area contributed by atoms with Crippen molar-refractivity contribution in [3.05, 3.63) is 0 Å². The average molecular weight is 542 g/mol. The van der Waals surface area contributed by atoms with Crippen LogP contribution in [0.3, 0.4) is 0 Å². The van der Waals surface area contributed by atoms with Crippen molar-refractivity contribution in [2.45, 2.75) is 74.0 Å². The Morgan fingerprint density at radius 3 is 2.00 bits per heavy atom. The van der Waals surface area contributed by atoms with Gasteiger partial charge in [0.2, 0.25) is 0 Å². The maximum atomic E-state index is 12.6. The van der Waals surface area contributed by atoms with Crippen LogP contribution in [0.15, 0.2) is 0 Å². The Balaban J connectivity index is 1.28. The second-order valence-electron chi connectivity index (χ2n) is 9.53. The second-order valence-corrected chi connectivity index (χ2v) is 12.3. The number of hydrogen-bond acceptors (Lipinski definition) is 11. The van der Waals surface area contributed by atoms with Crippen LogP contribution in [0, 0.1) is 5.92 Å². The van der Waals surface area contributed by atoms with E-state index in [0.717, 1.165) is 0 Å². The fourth-order valence-electron chi connectivity index (χ4n) is 4.93. The van der Waals surface area contributed by atoms with Crippen LogP contribution >= 0.6 is 15.6 Å². The first-order chi connectivity index (χ1) is 16.5. The van der Waals surface area contributed by atoms with Gasteiger partial charge < -0.3 is 33.5 Å². The molecule has 4 aliphatic rings. The van der Waals surface area contributed by atoms with Gasteiger partial charge >= 0.3 is 15.6 Å². The number of hydrogen-bond donors (Lipinski definition) is 2. The molecule has 200 valence electrons. The molecule has 3 saturated heterocycles. The van der Waals surface area contributed by atoms with E-state index in [4.69, 9.17) is 41.8 Å². The Labute approximate surface area is 206 Å². The standard InChI is InChI=1S/C18H34B2O13P2/c1-25-6-13-12(5-17(20)30-13)32-34(21,22)28-8-15-18(9-3-10(9)29-15)33-35(23,24)27-7-14-11(26-2)4-16(19)31-14/h9-18H,3-8,19-20H2,1-2H3,(H,21,22)(H,23,24). The fraction of sp³-hybridized carbons (Fsp3) is 1.00. The fourth-order valence-corrected chi connectivity index (χ4v) is 6.88. The molecule has 13 nitrogen and oxygen atoms in total. The number of ether oxygens (including phenoxy) is 5. The monoisotopic (exact) mass is 542 g/mol. The first kappa shape index (κ1) is 28.2. The molecule has 0 aromatic heterocycles. The van der Waals surface area contributed by atoms with Gasteiger partial charge in [-0.05, 0) is 19.3 Å². The van der Waals surface area contributed by atoms with Crippen LogP contribution in [-0.2, 0) is 50.9 Å². The van der Waals surface area contributed by atoms with E-state index < -0.39 is 46.2 Å². The van der Waals surface area contributed by atoms with Gasteiger partial charge in [0.05, 0.1) is 38.1 Å². The summed E-state index contributed by atoms with van der Waals surface area (Å²) < 4.78 is 73.8. The van der Waals surface area contributed by atoms with E-state index in [0.29, 0.717) is 19.3 Å². The first-order valence-electron chi connectivity index (χ1n) is 11.8. The molecular formula is C18H34B2O13P2. The summed E-state index contributed by atoms with van der Waals surface area (Å²) in [6, 6.07) is -0.205. The van der Waals surface area contributed by atoms with Crippen molar-refractivity contribution in [2.24, 2.45) is 5.92 Å². The topological polar surface area (TPSA) is 158 Å². The smallest absolute Gasteiger partial charge is 0.382 e. The third kappa shape index (κ3) is 7.38. The number of methoxy groups -OCH3 is 2. The van der Waals surface area contributed by atoms with E-state index in [-0.39, 0.29) is 50.0 Å². The third-order valence-corrected chi connectivity index (χ3v) is 8.65. The Bertz CT molecular complexity index is 823. The van der Waals surface area contributed by atoms with Gasteiger partial charge in [-0.1, -0.05) is 0 Å². The molecule has 0 spiro atoms. The van der Waals surface area contributed by atoms with Gasteiger partial charge in [-0.2, -0.15) is 0 Å².